The maximum atomic E-state index is 5.49. The van der Waals surface area contributed by atoms with Gasteiger partial charge in [-0.25, -0.2) is 0 Å². The van der Waals surface area contributed by atoms with Crippen LogP contribution < -0.4 is 4.74 Å². The molecule has 0 saturated heterocycles. The summed E-state index contributed by atoms with van der Waals surface area (Å²) < 4.78 is 5.49. The highest BCUT2D eigenvalue weighted by molar-refractivity contribution is 7.11. The van der Waals surface area contributed by atoms with Gasteiger partial charge in [0.1, 0.15) is 6.61 Å². The molecule has 2 rings (SSSR count). The molecule has 0 aliphatic rings. The summed E-state index contributed by atoms with van der Waals surface area (Å²) >= 11 is 1.59. The zero-order chi connectivity index (χ0) is 8.93. The van der Waals surface area contributed by atoms with Crippen LogP contribution in [0.2, 0.25) is 0 Å². The van der Waals surface area contributed by atoms with Crippen molar-refractivity contribution in [2.24, 2.45) is 0 Å². The van der Waals surface area contributed by atoms with Gasteiger partial charge in [-0.3, -0.25) is 4.98 Å². The Morgan fingerprint density at radius 1 is 1.23 bits per heavy atom. The van der Waals surface area contributed by atoms with Crippen LogP contribution in [-0.4, -0.2) is 4.98 Å². The maximum Gasteiger partial charge on any atom is 0.174 e. The second kappa shape index (κ2) is 4.05. The van der Waals surface area contributed by atoms with E-state index < -0.39 is 0 Å². The van der Waals surface area contributed by atoms with Gasteiger partial charge in [0, 0.05) is 6.20 Å². The van der Waals surface area contributed by atoms with Gasteiger partial charge in [-0.15, -0.1) is 11.3 Å². The van der Waals surface area contributed by atoms with Crippen LogP contribution in [0.15, 0.2) is 41.9 Å². The fraction of sp³-hybridized carbons (Fsp3) is 0.100. The molecule has 66 valence electrons. The summed E-state index contributed by atoms with van der Waals surface area (Å²) in [4.78, 5) is 4.16. The fourth-order valence-corrected chi connectivity index (χ4v) is 1.55. The molecule has 2 aromatic heterocycles. The van der Waals surface area contributed by atoms with Crippen molar-refractivity contribution >= 4 is 11.3 Å². The Kier molecular flexibility index (Phi) is 2.57. The molecule has 13 heavy (non-hydrogen) atoms. The number of pyridine rings is 1. The molecular formula is C10H9NOS. The van der Waals surface area contributed by atoms with E-state index in [0.717, 1.165) is 10.8 Å². The fourth-order valence-electron chi connectivity index (χ4n) is 0.974. The minimum atomic E-state index is 0.543. The van der Waals surface area contributed by atoms with E-state index in [2.05, 4.69) is 4.98 Å². The summed E-state index contributed by atoms with van der Waals surface area (Å²) in [6, 6.07) is 9.73. The van der Waals surface area contributed by atoms with Crippen molar-refractivity contribution in [1.82, 2.24) is 4.98 Å². The summed E-state index contributed by atoms with van der Waals surface area (Å²) in [5.41, 5.74) is 0.955. The van der Waals surface area contributed by atoms with E-state index in [1.54, 1.807) is 17.5 Å². The largest absolute Gasteiger partial charge is 0.478 e. The standard InChI is InChI=1S/C10H9NOS/c1-2-6-11-9(4-1)8-12-10-5-3-7-13-10/h1-7H,8H2. The summed E-state index contributed by atoms with van der Waals surface area (Å²) in [5.74, 6) is 0. The minimum absolute atomic E-state index is 0.543. The highest BCUT2D eigenvalue weighted by Gasteiger charge is 1.95. The first-order chi connectivity index (χ1) is 6.45. The molecule has 0 aromatic carbocycles. The topological polar surface area (TPSA) is 22.1 Å². The predicted molar refractivity (Wildman–Crippen MR) is 52.9 cm³/mol. The van der Waals surface area contributed by atoms with E-state index in [-0.39, 0.29) is 0 Å². The number of hydrogen-bond acceptors (Lipinski definition) is 3. The Morgan fingerprint density at radius 3 is 2.92 bits per heavy atom. The average molecular weight is 191 g/mol. The van der Waals surface area contributed by atoms with Gasteiger partial charge in [-0.05, 0) is 29.6 Å². The van der Waals surface area contributed by atoms with Crippen LogP contribution in [0.5, 0.6) is 5.06 Å². The van der Waals surface area contributed by atoms with Crippen molar-refractivity contribution in [2.45, 2.75) is 6.61 Å². The lowest BCUT2D eigenvalue weighted by Crippen LogP contribution is -1.95. The van der Waals surface area contributed by atoms with Crippen LogP contribution in [0, 0.1) is 0 Å². The zero-order valence-electron chi connectivity index (χ0n) is 7.01. The van der Waals surface area contributed by atoms with Gasteiger partial charge in [0.05, 0.1) is 5.69 Å². The van der Waals surface area contributed by atoms with Crippen molar-refractivity contribution < 1.29 is 4.74 Å². The zero-order valence-corrected chi connectivity index (χ0v) is 7.83. The van der Waals surface area contributed by atoms with Gasteiger partial charge in [0.15, 0.2) is 5.06 Å². The molecule has 0 unspecified atom stereocenters. The van der Waals surface area contributed by atoms with Gasteiger partial charge in [-0.1, -0.05) is 6.07 Å². The van der Waals surface area contributed by atoms with Crippen LogP contribution in [0.1, 0.15) is 5.69 Å². The average Bonchev–Trinajstić information content (AvgIpc) is 2.69. The summed E-state index contributed by atoms with van der Waals surface area (Å²) in [6.07, 6.45) is 1.77. The Balaban J connectivity index is 1.94. The number of nitrogens with zero attached hydrogens (tertiary/aromatic N) is 1. The van der Waals surface area contributed by atoms with Crippen molar-refractivity contribution in [3.8, 4) is 5.06 Å². The number of ether oxygens (including phenoxy) is 1. The van der Waals surface area contributed by atoms with Crippen molar-refractivity contribution in [1.29, 1.82) is 0 Å². The summed E-state index contributed by atoms with van der Waals surface area (Å²) in [6.45, 7) is 0.543. The molecule has 3 heteroatoms. The van der Waals surface area contributed by atoms with E-state index in [1.165, 1.54) is 0 Å². The quantitative estimate of drug-likeness (QED) is 0.744. The minimum Gasteiger partial charge on any atom is -0.478 e. The molecule has 2 nitrogen and oxygen atoms in total. The lowest BCUT2D eigenvalue weighted by Gasteiger charge is -2.01. The lowest BCUT2D eigenvalue weighted by molar-refractivity contribution is 0.310. The van der Waals surface area contributed by atoms with E-state index >= 15 is 0 Å². The third-order valence-electron chi connectivity index (χ3n) is 1.58. The molecule has 2 heterocycles. The van der Waals surface area contributed by atoms with Crippen LogP contribution in [0.4, 0.5) is 0 Å². The van der Waals surface area contributed by atoms with E-state index in [9.17, 15) is 0 Å². The number of hydrogen-bond donors (Lipinski definition) is 0. The Morgan fingerprint density at radius 2 is 2.23 bits per heavy atom. The molecule has 0 fully saturated rings. The van der Waals surface area contributed by atoms with Gasteiger partial charge in [-0.2, -0.15) is 0 Å². The highest BCUT2D eigenvalue weighted by Crippen LogP contribution is 2.18. The van der Waals surface area contributed by atoms with Gasteiger partial charge >= 0.3 is 0 Å². The highest BCUT2D eigenvalue weighted by atomic mass is 32.1. The monoisotopic (exact) mass is 191 g/mol. The lowest BCUT2D eigenvalue weighted by atomic mass is 10.4. The van der Waals surface area contributed by atoms with Crippen LogP contribution in [0.3, 0.4) is 0 Å². The normalized spacial score (nSPS) is 9.85. The Labute approximate surface area is 80.8 Å². The summed E-state index contributed by atoms with van der Waals surface area (Å²) in [5, 5.41) is 2.93. The molecule has 0 N–H and O–H groups in total. The third kappa shape index (κ3) is 2.29. The first-order valence-electron chi connectivity index (χ1n) is 4.01. The molecule has 0 saturated carbocycles. The second-order valence-corrected chi connectivity index (χ2v) is 3.45. The first-order valence-corrected chi connectivity index (χ1v) is 4.89. The molecule has 0 aliphatic heterocycles. The number of thiophene rings is 1. The SMILES string of the molecule is c1ccc(COc2cccs2)nc1. The molecule has 0 atom stereocenters. The van der Waals surface area contributed by atoms with Crippen molar-refractivity contribution in [3.63, 3.8) is 0 Å². The number of aromatic nitrogens is 1. The van der Waals surface area contributed by atoms with Gasteiger partial charge < -0.3 is 4.74 Å². The van der Waals surface area contributed by atoms with Crippen LogP contribution in [0.25, 0.3) is 0 Å². The molecular weight excluding hydrogens is 182 g/mol. The van der Waals surface area contributed by atoms with Gasteiger partial charge in [0.25, 0.3) is 0 Å². The van der Waals surface area contributed by atoms with Crippen LogP contribution in [-0.2, 0) is 6.61 Å². The van der Waals surface area contributed by atoms with Gasteiger partial charge in [0.2, 0.25) is 0 Å². The molecule has 0 amide bonds. The molecule has 0 spiro atoms. The predicted octanol–water partition coefficient (Wildman–Crippen LogP) is 2.72. The van der Waals surface area contributed by atoms with E-state index in [4.69, 9.17) is 4.74 Å². The van der Waals surface area contributed by atoms with E-state index in [1.807, 2.05) is 35.7 Å². The first kappa shape index (κ1) is 8.26. The third-order valence-corrected chi connectivity index (χ3v) is 2.36. The summed E-state index contributed by atoms with van der Waals surface area (Å²) in [7, 11) is 0. The molecule has 0 bridgehead atoms. The van der Waals surface area contributed by atoms with Crippen LogP contribution >= 0.6 is 11.3 Å². The van der Waals surface area contributed by atoms with Crippen molar-refractivity contribution in [2.75, 3.05) is 0 Å². The van der Waals surface area contributed by atoms with Crippen molar-refractivity contribution in [3.05, 3.63) is 47.6 Å². The Bertz CT molecular complexity index is 344. The maximum absolute atomic E-state index is 5.49. The molecule has 0 aliphatic carbocycles. The smallest absolute Gasteiger partial charge is 0.174 e. The van der Waals surface area contributed by atoms with E-state index in [0.29, 0.717) is 6.61 Å². The second-order valence-electron chi connectivity index (χ2n) is 2.54. The number of rotatable bonds is 3. The Hall–Kier alpha value is -1.35. The molecule has 2 aromatic rings. The molecule has 0 radical (unpaired) electrons.